The maximum atomic E-state index is 13.1. The predicted molar refractivity (Wildman–Crippen MR) is 175 cm³/mol. The van der Waals surface area contributed by atoms with E-state index in [4.69, 9.17) is 19.5 Å². The SMILES string of the molecule is CCCn1c(=O)c2ccc(Nc3ncc(-c4nc(C56CCN(CC5)CC6)no4)c(N[C@H](CO)c4ccccc4)n3)nc2n1C(C)C. The number of anilines is 3. The van der Waals surface area contributed by atoms with Gasteiger partial charge in [0.15, 0.2) is 11.5 Å². The molecule has 0 aliphatic carbocycles. The van der Waals surface area contributed by atoms with E-state index < -0.39 is 6.04 Å². The van der Waals surface area contributed by atoms with E-state index in [1.807, 2.05) is 55.8 Å². The first-order valence-electron chi connectivity index (χ1n) is 16.1. The Morgan fingerprint density at radius 2 is 1.78 bits per heavy atom. The maximum Gasteiger partial charge on any atom is 0.276 e. The normalized spacial score (nSPS) is 20.0. The average Bonchev–Trinajstić information content (AvgIpc) is 3.69. The number of rotatable bonds is 11. The third-order valence-corrected chi connectivity index (χ3v) is 9.32. The lowest BCUT2D eigenvalue weighted by molar-refractivity contribution is 0.0747. The lowest BCUT2D eigenvalue weighted by Gasteiger charge is -2.46. The highest BCUT2D eigenvalue weighted by molar-refractivity contribution is 5.77. The van der Waals surface area contributed by atoms with Gasteiger partial charge in [0, 0.05) is 24.2 Å². The Morgan fingerprint density at radius 1 is 1.02 bits per heavy atom. The Bertz CT molecular complexity index is 1880. The predicted octanol–water partition coefficient (Wildman–Crippen LogP) is 4.66. The second kappa shape index (κ2) is 12.3. The minimum Gasteiger partial charge on any atom is -0.394 e. The smallest absolute Gasteiger partial charge is 0.276 e. The van der Waals surface area contributed by atoms with Crippen LogP contribution in [0.2, 0.25) is 0 Å². The van der Waals surface area contributed by atoms with Crippen molar-refractivity contribution in [1.29, 1.82) is 0 Å². The first kappa shape index (κ1) is 30.1. The fourth-order valence-electron chi connectivity index (χ4n) is 6.77. The molecule has 3 aliphatic rings. The molecule has 3 N–H and O–H groups in total. The third-order valence-electron chi connectivity index (χ3n) is 9.32. The molecule has 0 spiro atoms. The van der Waals surface area contributed by atoms with E-state index in [1.54, 1.807) is 23.0 Å². The van der Waals surface area contributed by atoms with Crippen molar-refractivity contribution in [2.24, 2.45) is 0 Å². The van der Waals surface area contributed by atoms with Crippen LogP contribution < -0.4 is 16.2 Å². The lowest BCUT2D eigenvalue weighted by atomic mass is 9.71. The molecule has 4 aromatic heterocycles. The van der Waals surface area contributed by atoms with Gasteiger partial charge in [-0.3, -0.25) is 9.48 Å². The summed E-state index contributed by atoms with van der Waals surface area (Å²) in [4.78, 5) is 34.7. The van der Waals surface area contributed by atoms with Crippen LogP contribution in [0.3, 0.4) is 0 Å². The van der Waals surface area contributed by atoms with Gasteiger partial charge in [0.05, 0.1) is 18.0 Å². The van der Waals surface area contributed by atoms with Crippen LogP contribution in [0.15, 0.2) is 58.0 Å². The molecule has 0 amide bonds. The standard InChI is InChI=1S/C33H40N10O3/c1-4-15-42-30(45)23-10-11-26(36-28(23)43(42)21(2)3)37-32-34-19-24(27(38-32)35-25(20-44)22-8-6-5-7-9-22)29-39-31(40-46-29)33-12-16-41(17-13-33)18-14-33/h5-11,19,21,25,44H,4,12-18,20H2,1-3H3,(H2,34,35,36,37,38)/t25-/m1/s1. The van der Waals surface area contributed by atoms with Crippen LogP contribution in [0.25, 0.3) is 22.5 Å². The highest BCUT2D eigenvalue weighted by atomic mass is 16.5. The quantitative estimate of drug-likeness (QED) is 0.188. The summed E-state index contributed by atoms with van der Waals surface area (Å²) in [6.45, 7) is 9.72. The van der Waals surface area contributed by atoms with Crippen molar-refractivity contribution in [3.8, 4) is 11.5 Å². The molecule has 0 saturated carbocycles. The molecule has 1 aromatic carbocycles. The molecule has 3 fully saturated rings. The van der Waals surface area contributed by atoms with Gasteiger partial charge in [-0.1, -0.05) is 42.4 Å². The van der Waals surface area contributed by atoms with Crippen molar-refractivity contribution in [3.05, 3.63) is 70.4 Å². The minimum atomic E-state index is -0.445. The molecule has 8 rings (SSSR count). The summed E-state index contributed by atoms with van der Waals surface area (Å²) in [6.07, 6.45) is 5.53. The van der Waals surface area contributed by atoms with Crippen molar-refractivity contribution in [2.45, 2.75) is 70.5 Å². The first-order chi connectivity index (χ1) is 22.4. The summed E-state index contributed by atoms with van der Waals surface area (Å²) in [7, 11) is 0. The molecule has 7 heterocycles. The van der Waals surface area contributed by atoms with Crippen molar-refractivity contribution in [1.82, 2.24) is 39.4 Å². The zero-order valence-corrected chi connectivity index (χ0v) is 26.5. The van der Waals surface area contributed by atoms with E-state index in [9.17, 15) is 9.90 Å². The summed E-state index contributed by atoms with van der Waals surface area (Å²) >= 11 is 0. The summed E-state index contributed by atoms with van der Waals surface area (Å²) in [5.74, 6) is 2.28. The maximum absolute atomic E-state index is 13.1. The summed E-state index contributed by atoms with van der Waals surface area (Å²) in [5, 5.41) is 22.0. The van der Waals surface area contributed by atoms with E-state index in [0.717, 1.165) is 56.7 Å². The van der Waals surface area contributed by atoms with Gasteiger partial charge in [0.1, 0.15) is 17.2 Å². The van der Waals surface area contributed by atoms with Gasteiger partial charge < -0.3 is 25.2 Å². The van der Waals surface area contributed by atoms with E-state index >= 15 is 0 Å². The second-order valence-corrected chi connectivity index (χ2v) is 12.6. The molecule has 3 saturated heterocycles. The number of aromatic nitrogens is 7. The molecule has 46 heavy (non-hydrogen) atoms. The highest BCUT2D eigenvalue weighted by Gasteiger charge is 2.44. The number of piperidine rings is 3. The molecule has 0 unspecified atom stereocenters. The molecular formula is C33H40N10O3. The average molecular weight is 625 g/mol. The number of pyridine rings is 1. The van der Waals surface area contributed by atoms with E-state index in [0.29, 0.717) is 40.7 Å². The Hall–Kier alpha value is -4.62. The van der Waals surface area contributed by atoms with Gasteiger partial charge in [-0.2, -0.15) is 9.97 Å². The van der Waals surface area contributed by atoms with Crippen molar-refractivity contribution in [2.75, 3.05) is 36.9 Å². The van der Waals surface area contributed by atoms with Gasteiger partial charge in [-0.15, -0.1) is 0 Å². The van der Waals surface area contributed by atoms with Crippen molar-refractivity contribution < 1.29 is 9.63 Å². The fourth-order valence-corrected chi connectivity index (χ4v) is 6.77. The van der Waals surface area contributed by atoms with Crippen LogP contribution in [-0.4, -0.2) is 70.7 Å². The molecule has 0 radical (unpaired) electrons. The summed E-state index contributed by atoms with van der Waals surface area (Å²) in [6, 6.07) is 12.8. The molecule has 1 atom stereocenters. The molecular weight excluding hydrogens is 584 g/mol. The number of aliphatic hydroxyl groups excluding tert-OH is 1. The lowest BCUT2D eigenvalue weighted by Crippen LogP contribution is -2.51. The Morgan fingerprint density at radius 3 is 2.48 bits per heavy atom. The van der Waals surface area contributed by atoms with Crippen LogP contribution in [-0.2, 0) is 12.0 Å². The topological polar surface area (TPSA) is 152 Å². The third kappa shape index (κ3) is 5.43. The van der Waals surface area contributed by atoms with Gasteiger partial charge in [0.2, 0.25) is 5.95 Å². The number of hydrogen-bond donors (Lipinski definition) is 3. The van der Waals surface area contributed by atoms with Crippen LogP contribution in [0, 0.1) is 0 Å². The minimum absolute atomic E-state index is 0.0410. The number of fused-ring (bicyclic) bond motifs is 4. The van der Waals surface area contributed by atoms with E-state index in [-0.39, 0.29) is 29.6 Å². The Labute approximate surface area is 266 Å². The number of nitrogens with one attached hydrogen (secondary N) is 2. The van der Waals surface area contributed by atoms with Gasteiger partial charge in [0.25, 0.3) is 11.4 Å². The molecule has 240 valence electrons. The van der Waals surface area contributed by atoms with Gasteiger partial charge in [-0.25, -0.2) is 14.6 Å². The zero-order valence-electron chi connectivity index (χ0n) is 26.5. The zero-order chi connectivity index (χ0) is 31.8. The van der Waals surface area contributed by atoms with Gasteiger partial charge in [-0.05, 0) is 76.9 Å². The van der Waals surface area contributed by atoms with E-state index in [2.05, 4.69) is 25.7 Å². The number of aliphatic hydroxyl groups is 1. The van der Waals surface area contributed by atoms with E-state index in [1.165, 1.54) is 0 Å². The Balaban J connectivity index is 1.25. The van der Waals surface area contributed by atoms with Crippen molar-refractivity contribution in [3.63, 3.8) is 0 Å². The van der Waals surface area contributed by atoms with Crippen molar-refractivity contribution >= 4 is 28.6 Å². The largest absolute Gasteiger partial charge is 0.394 e. The molecule has 3 aliphatic heterocycles. The molecule has 13 nitrogen and oxygen atoms in total. The first-order valence-corrected chi connectivity index (χ1v) is 16.1. The van der Waals surface area contributed by atoms with Crippen LogP contribution in [0.5, 0.6) is 0 Å². The Kier molecular flexibility index (Phi) is 8.03. The fraction of sp³-hybridized carbons (Fsp3) is 0.455. The summed E-state index contributed by atoms with van der Waals surface area (Å²) in [5.41, 5.74) is 1.92. The number of nitrogens with zero attached hydrogens (tertiary/aromatic N) is 8. The highest BCUT2D eigenvalue weighted by Crippen LogP contribution is 2.42. The van der Waals surface area contributed by atoms with Crippen LogP contribution in [0.4, 0.5) is 17.6 Å². The van der Waals surface area contributed by atoms with Gasteiger partial charge >= 0.3 is 0 Å². The monoisotopic (exact) mass is 624 g/mol. The molecule has 2 bridgehead atoms. The van der Waals surface area contributed by atoms with Crippen LogP contribution in [0.1, 0.15) is 69.9 Å². The second-order valence-electron chi connectivity index (χ2n) is 12.6. The number of benzene rings is 1. The molecule has 5 aromatic rings. The van der Waals surface area contributed by atoms with Crippen LogP contribution >= 0.6 is 0 Å². The summed E-state index contributed by atoms with van der Waals surface area (Å²) < 4.78 is 9.56. The number of hydrogen-bond acceptors (Lipinski definition) is 11. The molecule has 13 heteroatoms.